The zero-order valence-electron chi connectivity index (χ0n) is 13.1. The van der Waals surface area contributed by atoms with Crippen LogP contribution in [0.2, 0.25) is 0 Å². The summed E-state index contributed by atoms with van der Waals surface area (Å²) < 4.78 is 5.19. The lowest BCUT2D eigenvalue weighted by atomic mass is 10.0. The van der Waals surface area contributed by atoms with Gasteiger partial charge >= 0.3 is 0 Å². The molecule has 1 aromatic rings. The van der Waals surface area contributed by atoms with Gasteiger partial charge < -0.3 is 4.74 Å². The molecule has 0 heterocycles. The second kappa shape index (κ2) is 8.60. The highest BCUT2D eigenvalue weighted by Crippen LogP contribution is 2.20. The van der Waals surface area contributed by atoms with Crippen molar-refractivity contribution in [1.82, 2.24) is 4.90 Å². The molecule has 3 nitrogen and oxygen atoms in total. The highest BCUT2D eigenvalue weighted by Gasteiger charge is 2.11. The quantitative estimate of drug-likeness (QED) is 0.723. The molecule has 0 aliphatic heterocycles. The van der Waals surface area contributed by atoms with Crippen LogP contribution in [0.15, 0.2) is 18.2 Å². The predicted molar refractivity (Wildman–Crippen MR) is 82.7 cm³/mol. The molecular formula is C17H26N2O. The van der Waals surface area contributed by atoms with Gasteiger partial charge in [-0.25, -0.2) is 0 Å². The molecule has 0 unspecified atom stereocenters. The number of nitriles is 1. The molecule has 0 aliphatic rings. The number of rotatable bonds is 8. The highest BCUT2D eigenvalue weighted by molar-refractivity contribution is 5.45. The summed E-state index contributed by atoms with van der Waals surface area (Å²) in [6.45, 7) is 9.75. The molecule has 0 spiro atoms. The predicted octanol–water partition coefficient (Wildman–Crippen LogP) is 3.82. The fourth-order valence-electron chi connectivity index (χ4n) is 2.42. The molecule has 1 aromatic carbocycles. The Balaban J connectivity index is 2.77. The first-order valence-electron chi connectivity index (χ1n) is 7.47. The average molecular weight is 274 g/mol. The minimum atomic E-state index is 0.614. The zero-order chi connectivity index (χ0) is 15.0. The van der Waals surface area contributed by atoms with Gasteiger partial charge in [0.1, 0.15) is 11.8 Å². The SMILES string of the molecule is CCC(CC)CN(CC)Cc1ccc(OC)c(C#N)c1. The van der Waals surface area contributed by atoms with E-state index in [9.17, 15) is 0 Å². The Labute approximate surface area is 123 Å². The molecule has 3 heteroatoms. The Hall–Kier alpha value is -1.53. The maximum Gasteiger partial charge on any atom is 0.136 e. The van der Waals surface area contributed by atoms with E-state index in [4.69, 9.17) is 10.00 Å². The van der Waals surface area contributed by atoms with Crippen LogP contribution in [0.1, 0.15) is 44.7 Å². The lowest BCUT2D eigenvalue weighted by Crippen LogP contribution is -2.28. The summed E-state index contributed by atoms with van der Waals surface area (Å²) in [5, 5.41) is 9.14. The topological polar surface area (TPSA) is 36.3 Å². The van der Waals surface area contributed by atoms with Crippen molar-refractivity contribution in [2.75, 3.05) is 20.2 Å². The second-order valence-electron chi connectivity index (χ2n) is 5.16. The number of methoxy groups -OCH3 is 1. The van der Waals surface area contributed by atoms with Gasteiger partial charge in [0.05, 0.1) is 12.7 Å². The van der Waals surface area contributed by atoms with Crippen LogP contribution in [0.3, 0.4) is 0 Å². The van der Waals surface area contributed by atoms with Crippen molar-refractivity contribution in [1.29, 1.82) is 5.26 Å². The molecule has 0 amide bonds. The van der Waals surface area contributed by atoms with Crippen molar-refractivity contribution in [3.05, 3.63) is 29.3 Å². The molecule has 0 saturated heterocycles. The maximum absolute atomic E-state index is 9.14. The number of nitrogens with zero attached hydrogens (tertiary/aromatic N) is 2. The summed E-state index contributed by atoms with van der Waals surface area (Å²) >= 11 is 0. The van der Waals surface area contributed by atoms with Crippen LogP contribution in [0, 0.1) is 17.2 Å². The van der Waals surface area contributed by atoms with Gasteiger partial charge in [-0.1, -0.05) is 39.7 Å². The Morgan fingerprint density at radius 2 is 1.95 bits per heavy atom. The molecule has 0 fully saturated rings. The van der Waals surface area contributed by atoms with Crippen molar-refractivity contribution >= 4 is 0 Å². The van der Waals surface area contributed by atoms with Crippen molar-refractivity contribution in [2.24, 2.45) is 5.92 Å². The van der Waals surface area contributed by atoms with Crippen LogP contribution >= 0.6 is 0 Å². The molecular weight excluding hydrogens is 248 g/mol. The first-order valence-corrected chi connectivity index (χ1v) is 7.47. The molecule has 0 atom stereocenters. The third-order valence-electron chi connectivity index (χ3n) is 3.91. The number of hydrogen-bond donors (Lipinski definition) is 0. The summed E-state index contributed by atoms with van der Waals surface area (Å²) in [6.07, 6.45) is 2.44. The summed E-state index contributed by atoms with van der Waals surface area (Å²) in [6, 6.07) is 8.08. The first kappa shape index (κ1) is 16.5. The van der Waals surface area contributed by atoms with Gasteiger partial charge in [0.15, 0.2) is 0 Å². The largest absolute Gasteiger partial charge is 0.495 e. The van der Waals surface area contributed by atoms with Gasteiger partial charge in [-0.2, -0.15) is 5.26 Å². The van der Waals surface area contributed by atoms with E-state index in [0.717, 1.165) is 25.6 Å². The number of hydrogen-bond acceptors (Lipinski definition) is 3. The van der Waals surface area contributed by atoms with E-state index in [2.05, 4.69) is 37.8 Å². The first-order chi connectivity index (χ1) is 9.68. The Morgan fingerprint density at radius 1 is 1.25 bits per heavy atom. The summed E-state index contributed by atoms with van der Waals surface area (Å²) in [4.78, 5) is 2.45. The van der Waals surface area contributed by atoms with Gasteiger partial charge in [-0.15, -0.1) is 0 Å². The lowest BCUT2D eigenvalue weighted by molar-refractivity contribution is 0.226. The fraction of sp³-hybridized carbons (Fsp3) is 0.588. The molecule has 0 aromatic heterocycles. The van der Waals surface area contributed by atoms with Crippen LogP contribution in [-0.2, 0) is 6.54 Å². The van der Waals surface area contributed by atoms with Gasteiger partial charge in [0.2, 0.25) is 0 Å². The summed E-state index contributed by atoms with van der Waals surface area (Å²) in [7, 11) is 1.60. The van der Waals surface area contributed by atoms with E-state index in [1.54, 1.807) is 7.11 Å². The van der Waals surface area contributed by atoms with E-state index in [0.29, 0.717) is 11.3 Å². The van der Waals surface area contributed by atoms with Crippen molar-refractivity contribution in [3.63, 3.8) is 0 Å². The van der Waals surface area contributed by atoms with Crippen LogP contribution in [0.25, 0.3) is 0 Å². The molecule has 0 saturated carbocycles. The molecule has 1 rings (SSSR count). The van der Waals surface area contributed by atoms with Crippen LogP contribution in [0.4, 0.5) is 0 Å². The fourth-order valence-corrected chi connectivity index (χ4v) is 2.42. The van der Waals surface area contributed by atoms with Gasteiger partial charge in [-0.05, 0) is 30.2 Å². The number of benzene rings is 1. The molecule has 0 bridgehead atoms. The van der Waals surface area contributed by atoms with Crippen molar-refractivity contribution < 1.29 is 4.74 Å². The standard InChI is InChI=1S/C17H26N2O/c1-5-14(6-2)12-19(7-3)13-15-8-9-17(20-4)16(10-15)11-18/h8-10,14H,5-7,12-13H2,1-4H3. The minimum absolute atomic E-state index is 0.614. The second-order valence-corrected chi connectivity index (χ2v) is 5.16. The highest BCUT2D eigenvalue weighted by atomic mass is 16.5. The van der Waals surface area contributed by atoms with E-state index < -0.39 is 0 Å². The maximum atomic E-state index is 9.14. The molecule has 110 valence electrons. The van der Waals surface area contributed by atoms with Crippen molar-refractivity contribution in [3.8, 4) is 11.8 Å². The third-order valence-corrected chi connectivity index (χ3v) is 3.91. The van der Waals surface area contributed by atoms with E-state index in [1.807, 2.05) is 12.1 Å². The van der Waals surface area contributed by atoms with Crippen LogP contribution in [-0.4, -0.2) is 25.1 Å². The number of ether oxygens (including phenoxy) is 1. The van der Waals surface area contributed by atoms with Crippen molar-refractivity contribution in [2.45, 2.75) is 40.2 Å². The Bertz CT molecular complexity index is 447. The Morgan fingerprint density at radius 3 is 2.45 bits per heavy atom. The molecule has 20 heavy (non-hydrogen) atoms. The molecule has 0 N–H and O–H groups in total. The smallest absolute Gasteiger partial charge is 0.136 e. The Kier molecular flexibility index (Phi) is 7.11. The monoisotopic (exact) mass is 274 g/mol. The minimum Gasteiger partial charge on any atom is -0.495 e. The zero-order valence-corrected chi connectivity index (χ0v) is 13.1. The van der Waals surface area contributed by atoms with E-state index in [1.165, 1.54) is 18.4 Å². The van der Waals surface area contributed by atoms with Gasteiger partial charge in [0, 0.05) is 13.1 Å². The third kappa shape index (κ3) is 4.54. The van der Waals surface area contributed by atoms with Crippen LogP contribution in [0.5, 0.6) is 5.75 Å². The van der Waals surface area contributed by atoms with Gasteiger partial charge in [-0.3, -0.25) is 4.90 Å². The summed E-state index contributed by atoms with van der Waals surface area (Å²) in [5.41, 5.74) is 1.79. The normalized spacial score (nSPS) is 10.8. The lowest BCUT2D eigenvalue weighted by Gasteiger charge is -2.25. The van der Waals surface area contributed by atoms with E-state index >= 15 is 0 Å². The van der Waals surface area contributed by atoms with E-state index in [-0.39, 0.29) is 0 Å². The molecule has 0 aliphatic carbocycles. The van der Waals surface area contributed by atoms with Gasteiger partial charge in [0.25, 0.3) is 0 Å². The summed E-state index contributed by atoms with van der Waals surface area (Å²) in [5.74, 6) is 1.41. The van der Waals surface area contributed by atoms with Crippen LogP contribution < -0.4 is 4.74 Å². The average Bonchev–Trinajstić information content (AvgIpc) is 2.50. The molecule has 0 radical (unpaired) electrons.